The summed E-state index contributed by atoms with van der Waals surface area (Å²) in [7, 11) is 0. The standard InChI is InChI=1S/C31H46N6O7.2C4H10/c1-30(2,3)25(36-29(43)34-18-23(38)44-31(4,5)6)28(42)37-15-9-11-22(37)26(40)35-21(16-19-12-13-19)24(39)27(41)33-17-20-10-7-8-14-32-20;2*1-4(2)3/h7-8,10,14,19,21-22,25H,9,11-13,15-18H2,1-6H3,(H,33,41)(H,35,40)(H2,34,36,43);2*4H,1-3H3/t21?,22-,25?;;/m0../s1. The molecule has 3 atom stereocenters. The van der Waals surface area contributed by atoms with Gasteiger partial charge in [0.2, 0.25) is 17.6 Å². The first-order valence-electron chi connectivity index (χ1n) is 18.6. The molecule has 1 saturated carbocycles. The van der Waals surface area contributed by atoms with Crippen molar-refractivity contribution in [1.29, 1.82) is 0 Å². The maximum Gasteiger partial charge on any atom is 0.325 e. The first kappa shape index (κ1) is 46.0. The van der Waals surface area contributed by atoms with E-state index in [4.69, 9.17) is 4.74 Å². The number of hydrogen-bond donors (Lipinski definition) is 4. The van der Waals surface area contributed by atoms with Crippen molar-refractivity contribution in [2.24, 2.45) is 23.2 Å². The second-order valence-corrected chi connectivity index (χ2v) is 17.0. The van der Waals surface area contributed by atoms with Crippen molar-refractivity contribution in [2.75, 3.05) is 13.1 Å². The van der Waals surface area contributed by atoms with Crippen LogP contribution in [0.25, 0.3) is 0 Å². The third-order valence-corrected chi connectivity index (χ3v) is 7.32. The quantitative estimate of drug-likeness (QED) is 0.173. The van der Waals surface area contributed by atoms with Crippen LogP contribution < -0.4 is 21.3 Å². The summed E-state index contributed by atoms with van der Waals surface area (Å²) in [5.74, 6) is -1.25. The largest absolute Gasteiger partial charge is 0.459 e. The zero-order valence-electron chi connectivity index (χ0n) is 33.7. The SMILES string of the molecule is CC(C)(C)OC(=O)CNC(=O)NC(C(=O)N1CCC[C@H]1C(=O)NC(CC1CC1)C(=O)C(=O)NCc1ccccn1)C(C)(C)C.CC(C)C.CC(C)C. The lowest BCUT2D eigenvalue weighted by molar-refractivity contribution is -0.153. The van der Waals surface area contributed by atoms with Crippen LogP contribution in [0.4, 0.5) is 4.79 Å². The normalized spacial score (nSPS) is 16.7. The highest BCUT2D eigenvalue weighted by atomic mass is 16.6. The zero-order valence-corrected chi connectivity index (χ0v) is 33.7. The molecule has 2 unspecified atom stereocenters. The minimum absolute atomic E-state index is 0.0763. The number of Topliss-reactive ketones (excluding diaryl/α,β-unsaturated/α-hetero) is 1. The fourth-order valence-corrected chi connectivity index (χ4v) is 4.93. The van der Waals surface area contributed by atoms with E-state index < -0.39 is 64.6 Å². The van der Waals surface area contributed by atoms with Crippen LogP contribution in [-0.2, 0) is 35.3 Å². The van der Waals surface area contributed by atoms with Gasteiger partial charge in [0.25, 0.3) is 5.91 Å². The van der Waals surface area contributed by atoms with Crippen LogP contribution in [0.2, 0.25) is 0 Å². The third-order valence-electron chi connectivity index (χ3n) is 7.32. The summed E-state index contributed by atoms with van der Waals surface area (Å²) in [4.78, 5) is 83.4. The lowest BCUT2D eigenvalue weighted by Gasteiger charge is -2.35. The number of nitrogens with one attached hydrogen (secondary N) is 4. The van der Waals surface area contributed by atoms with Gasteiger partial charge in [0, 0.05) is 12.7 Å². The van der Waals surface area contributed by atoms with E-state index in [2.05, 4.69) is 67.8 Å². The van der Waals surface area contributed by atoms with Crippen molar-refractivity contribution < 1.29 is 33.5 Å². The van der Waals surface area contributed by atoms with Crippen molar-refractivity contribution in [3.05, 3.63) is 30.1 Å². The van der Waals surface area contributed by atoms with Gasteiger partial charge in [-0.05, 0) is 75.3 Å². The third kappa shape index (κ3) is 19.0. The zero-order chi connectivity index (χ0) is 39.8. The summed E-state index contributed by atoms with van der Waals surface area (Å²) in [6.07, 6.45) is 4.68. The number of pyridine rings is 1. The van der Waals surface area contributed by atoms with Crippen molar-refractivity contribution in [3.63, 3.8) is 0 Å². The summed E-state index contributed by atoms with van der Waals surface area (Å²) in [6.45, 7) is 23.5. The number of carbonyl (C=O) groups is 6. The van der Waals surface area contributed by atoms with E-state index in [9.17, 15) is 28.8 Å². The van der Waals surface area contributed by atoms with Gasteiger partial charge in [-0.2, -0.15) is 0 Å². The highest BCUT2D eigenvalue weighted by molar-refractivity contribution is 6.38. The highest BCUT2D eigenvalue weighted by Crippen LogP contribution is 2.34. The molecule has 0 spiro atoms. The van der Waals surface area contributed by atoms with E-state index in [0.29, 0.717) is 25.0 Å². The first-order valence-corrected chi connectivity index (χ1v) is 18.6. The molecule has 2 aliphatic rings. The second-order valence-electron chi connectivity index (χ2n) is 17.0. The average Bonchev–Trinajstić information content (AvgIpc) is 3.70. The molecular weight excluding hydrogens is 664 g/mol. The molecule has 5 amide bonds. The Bertz CT molecular complexity index is 1300. The first-order chi connectivity index (χ1) is 24.0. The smallest absolute Gasteiger partial charge is 0.325 e. The molecule has 4 N–H and O–H groups in total. The molecule has 1 aromatic rings. The number of hydrogen-bond acceptors (Lipinski definition) is 8. The number of carbonyl (C=O) groups excluding carboxylic acids is 6. The number of esters is 1. The number of amides is 5. The predicted octanol–water partition coefficient (Wildman–Crippen LogP) is 4.92. The predicted molar refractivity (Wildman–Crippen MR) is 202 cm³/mol. The van der Waals surface area contributed by atoms with Gasteiger partial charge in [0.05, 0.1) is 18.3 Å². The lowest BCUT2D eigenvalue weighted by Crippen LogP contribution is -2.60. The minimum atomic E-state index is -1.02. The van der Waals surface area contributed by atoms with Crippen LogP contribution in [-0.4, -0.2) is 82.2 Å². The number of ketones is 1. The Morgan fingerprint density at radius 3 is 1.96 bits per heavy atom. The van der Waals surface area contributed by atoms with Gasteiger partial charge in [-0.25, -0.2) is 4.79 Å². The second kappa shape index (κ2) is 21.5. The Morgan fingerprint density at radius 1 is 0.865 bits per heavy atom. The van der Waals surface area contributed by atoms with Gasteiger partial charge in [0.15, 0.2) is 0 Å². The molecule has 0 bridgehead atoms. The fourth-order valence-electron chi connectivity index (χ4n) is 4.93. The monoisotopic (exact) mass is 730 g/mol. The Hall–Kier alpha value is -4.03. The van der Waals surface area contributed by atoms with E-state index in [-0.39, 0.29) is 25.6 Å². The van der Waals surface area contributed by atoms with Gasteiger partial charge >= 0.3 is 12.0 Å². The Kier molecular flexibility index (Phi) is 19.0. The molecular formula is C39H66N6O7. The molecule has 13 heteroatoms. The van der Waals surface area contributed by atoms with Gasteiger partial charge in [0.1, 0.15) is 24.2 Å². The van der Waals surface area contributed by atoms with Crippen LogP contribution in [0.5, 0.6) is 0 Å². The van der Waals surface area contributed by atoms with Gasteiger partial charge in [-0.1, -0.05) is 81.2 Å². The highest BCUT2D eigenvalue weighted by Gasteiger charge is 2.43. The van der Waals surface area contributed by atoms with Crippen LogP contribution in [0, 0.1) is 23.2 Å². The molecule has 3 rings (SSSR count). The van der Waals surface area contributed by atoms with Crippen LogP contribution in [0.3, 0.4) is 0 Å². The summed E-state index contributed by atoms with van der Waals surface area (Å²) in [5.41, 5.74) is -0.854. The number of ether oxygens (including phenoxy) is 1. The maximum absolute atomic E-state index is 13.8. The molecule has 1 aliphatic carbocycles. The number of nitrogens with zero attached hydrogens (tertiary/aromatic N) is 2. The lowest BCUT2D eigenvalue weighted by atomic mass is 9.85. The Labute approximate surface area is 311 Å². The van der Waals surface area contributed by atoms with Gasteiger partial charge < -0.3 is 30.9 Å². The molecule has 1 saturated heterocycles. The molecule has 0 aromatic carbocycles. The number of urea groups is 1. The molecule has 2 fully saturated rings. The van der Waals surface area contributed by atoms with Crippen LogP contribution >= 0.6 is 0 Å². The number of rotatable bonds is 12. The fraction of sp³-hybridized carbons (Fsp3) is 0.718. The van der Waals surface area contributed by atoms with E-state index in [1.54, 1.807) is 65.9 Å². The van der Waals surface area contributed by atoms with Crippen LogP contribution in [0.15, 0.2) is 24.4 Å². The van der Waals surface area contributed by atoms with Crippen LogP contribution in [0.1, 0.15) is 121 Å². The Balaban J connectivity index is 0.00000153. The van der Waals surface area contributed by atoms with E-state index >= 15 is 0 Å². The average molecular weight is 731 g/mol. The van der Waals surface area contributed by atoms with Crippen molar-refractivity contribution in [3.8, 4) is 0 Å². The van der Waals surface area contributed by atoms with Crippen molar-refractivity contribution in [2.45, 2.75) is 145 Å². The molecule has 1 aliphatic heterocycles. The summed E-state index contributed by atoms with van der Waals surface area (Å²) < 4.78 is 5.20. The summed E-state index contributed by atoms with van der Waals surface area (Å²) in [6, 6.07) is 1.61. The molecule has 52 heavy (non-hydrogen) atoms. The summed E-state index contributed by atoms with van der Waals surface area (Å²) in [5, 5.41) is 10.4. The maximum atomic E-state index is 13.8. The summed E-state index contributed by atoms with van der Waals surface area (Å²) >= 11 is 0. The van der Waals surface area contributed by atoms with E-state index in [0.717, 1.165) is 24.7 Å². The van der Waals surface area contributed by atoms with Gasteiger partial charge in [-0.3, -0.25) is 29.0 Å². The van der Waals surface area contributed by atoms with Crippen molar-refractivity contribution >= 4 is 35.5 Å². The number of aromatic nitrogens is 1. The molecule has 0 radical (unpaired) electrons. The van der Waals surface area contributed by atoms with Gasteiger partial charge in [-0.15, -0.1) is 0 Å². The van der Waals surface area contributed by atoms with E-state index in [1.165, 1.54) is 4.90 Å². The number of likely N-dealkylation sites (tertiary alicyclic amines) is 1. The molecule has 2 heterocycles. The Morgan fingerprint density at radius 2 is 1.46 bits per heavy atom. The topological polar surface area (TPSA) is 176 Å². The molecule has 294 valence electrons. The molecule has 13 nitrogen and oxygen atoms in total. The molecule has 1 aromatic heterocycles. The minimum Gasteiger partial charge on any atom is -0.459 e. The van der Waals surface area contributed by atoms with E-state index in [1.807, 2.05) is 0 Å². The van der Waals surface area contributed by atoms with Crippen molar-refractivity contribution in [1.82, 2.24) is 31.2 Å².